The zero-order valence-electron chi connectivity index (χ0n) is 11.4. The van der Waals surface area contributed by atoms with Gasteiger partial charge in [0.05, 0.1) is 24.1 Å². The number of carbonyl (C=O) groups excluding carboxylic acids is 2. The first-order valence-corrected chi connectivity index (χ1v) is 6.57. The molecule has 3 rings (SSSR count). The lowest BCUT2D eigenvalue weighted by molar-refractivity contribution is 0.0526. The van der Waals surface area contributed by atoms with Crippen LogP contribution in [-0.4, -0.2) is 22.8 Å². The van der Waals surface area contributed by atoms with Gasteiger partial charge < -0.3 is 13.6 Å². The number of fused-ring (bicyclic) bond motifs is 1. The van der Waals surface area contributed by atoms with Gasteiger partial charge in [0.25, 0.3) is 0 Å². The molecule has 0 radical (unpaired) electrons. The molecule has 0 aliphatic carbocycles. The molecule has 3 heterocycles. The lowest BCUT2D eigenvalue weighted by Gasteiger charge is -2.08. The molecule has 0 aliphatic rings. The van der Waals surface area contributed by atoms with Crippen molar-refractivity contribution in [2.24, 2.45) is 0 Å². The maximum atomic E-state index is 12.5. The monoisotopic (exact) mass is 283 g/mol. The lowest BCUT2D eigenvalue weighted by atomic mass is 10.1. The number of pyridine rings is 1. The zero-order chi connectivity index (χ0) is 14.8. The molecule has 0 amide bonds. The third-order valence-corrected chi connectivity index (χ3v) is 3.12. The number of rotatable bonds is 4. The second kappa shape index (κ2) is 5.28. The molecule has 0 spiro atoms. The van der Waals surface area contributed by atoms with Crippen LogP contribution < -0.4 is 0 Å². The Morgan fingerprint density at radius 1 is 1.24 bits per heavy atom. The summed E-state index contributed by atoms with van der Waals surface area (Å²) in [5.74, 6) is -0.506. The third kappa shape index (κ3) is 2.33. The molecule has 0 aromatic carbocycles. The Kier molecular flexibility index (Phi) is 3.31. The fraction of sp³-hybridized carbons (Fsp3) is 0.125. The summed E-state index contributed by atoms with van der Waals surface area (Å²) in [4.78, 5) is 24.4. The van der Waals surface area contributed by atoms with E-state index >= 15 is 0 Å². The SMILES string of the molecule is CCOC(=O)c1cc(C(=O)c2ccco2)n2cccc2c1. The van der Waals surface area contributed by atoms with Gasteiger partial charge in [-0.2, -0.15) is 0 Å². The first kappa shape index (κ1) is 13.2. The van der Waals surface area contributed by atoms with Crippen LogP contribution in [0.5, 0.6) is 0 Å². The molecule has 0 N–H and O–H groups in total. The average molecular weight is 283 g/mol. The van der Waals surface area contributed by atoms with Crippen LogP contribution in [0.15, 0.2) is 53.3 Å². The molecule has 5 heteroatoms. The average Bonchev–Trinajstić information content (AvgIpc) is 3.16. The van der Waals surface area contributed by atoms with Crippen molar-refractivity contribution in [1.29, 1.82) is 0 Å². The number of esters is 1. The first-order valence-electron chi connectivity index (χ1n) is 6.57. The van der Waals surface area contributed by atoms with Gasteiger partial charge in [-0.25, -0.2) is 4.79 Å². The second-order valence-corrected chi connectivity index (χ2v) is 4.46. The van der Waals surface area contributed by atoms with Gasteiger partial charge >= 0.3 is 5.97 Å². The largest absolute Gasteiger partial charge is 0.462 e. The second-order valence-electron chi connectivity index (χ2n) is 4.46. The van der Waals surface area contributed by atoms with Gasteiger partial charge in [0.2, 0.25) is 5.78 Å². The summed E-state index contributed by atoms with van der Waals surface area (Å²) in [6.07, 6.45) is 3.20. The minimum Gasteiger partial charge on any atom is -0.462 e. The maximum absolute atomic E-state index is 12.5. The van der Waals surface area contributed by atoms with Crippen LogP contribution in [0.25, 0.3) is 5.52 Å². The van der Waals surface area contributed by atoms with Crippen LogP contribution in [0.4, 0.5) is 0 Å². The van der Waals surface area contributed by atoms with E-state index in [2.05, 4.69) is 0 Å². The van der Waals surface area contributed by atoms with Crippen LogP contribution in [0.1, 0.15) is 33.5 Å². The Morgan fingerprint density at radius 2 is 2.10 bits per heavy atom. The van der Waals surface area contributed by atoms with E-state index in [4.69, 9.17) is 9.15 Å². The van der Waals surface area contributed by atoms with E-state index in [-0.39, 0.29) is 18.2 Å². The molecule has 106 valence electrons. The molecule has 3 aromatic rings. The fourth-order valence-corrected chi connectivity index (χ4v) is 2.19. The van der Waals surface area contributed by atoms with Gasteiger partial charge in [-0.05, 0) is 43.3 Å². The summed E-state index contributed by atoms with van der Waals surface area (Å²) < 4.78 is 11.9. The first-order chi connectivity index (χ1) is 10.2. The minimum atomic E-state index is -0.449. The minimum absolute atomic E-state index is 0.228. The third-order valence-electron chi connectivity index (χ3n) is 3.12. The fourth-order valence-electron chi connectivity index (χ4n) is 2.19. The van der Waals surface area contributed by atoms with Gasteiger partial charge in [-0.3, -0.25) is 4.79 Å². The Morgan fingerprint density at radius 3 is 2.81 bits per heavy atom. The number of nitrogens with zero attached hydrogens (tertiary/aromatic N) is 1. The van der Waals surface area contributed by atoms with Crippen molar-refractivity contribution < 1.29 is 18.7 Å². The van der Waals surface area contributed by atoms with E-state index in [1.165, 1.54) is 12.3 Å². The van der Waals surface area contributed by atoms with Crippen LogP contribution in [0, 0.1) is 0 Å². The molecular weight excluding hydrogens is 270 g/mol. The van der Waals surface area contributed by atoms with E-state index in [1.54, 1.807) is 35.7 Å². The van der Waals surface area contributed by atoms with Crippen molar-refractivity contribution in [3.63, 3.8) is 0 Å². The highest BCUT2D eigenvalue weighted by Crippen LogP contribution is 2.17. The summed E-state index contributed by atoms with van der Waals surface area (Å²) >= 11 is 0. The topological polar surface area (TPSA) is 60.9 Å². The maximum Gasteiger partial charge on any atom is 0.338 e. The highest BCUT2D eigenvalue weighted by molar-refractivity contribution is 6.07. The molecule has 0 atom stereocenters. The van der Waals surface area contributed by atoms with Crippen molar-refractivity contribution >= 4 is 17.3 Å². The summed E-state index contributed by atoms with van der Waals surface area (Å²) in [5.41, 5.74) is 1.45. The van der Waals surface area contributed by atoms with Gasteiger partial charge in [-0.1, -0.05) is 0 Å². The summed E-state index contributed by atoms with van der Waals surface area (Å²) in [5, 5.41) is 0. The zero-order valence-corrected chi connectivity index (χ0v) is 11.4. The normalized spacial score (nSPS) is 10.7. The predicted octanol–water partition coefficient (Wildman–Crippen LogP) is 2.94. The molecule has 0 unspecified atom stereocenters. The van der Waals surface area contributed by atoms with Crippen LogP contribution in [0.3, 0.4) is 0 Å². The Labute approximate surface area is 120 Å². The molecule has 0 fully saturated rings. The van der Waals surface area contributed by atoms with E-state index < -0.39 is 5.97 Å². The van der Waals surface area contributed by atoms with Crippen LogP contribution in [-0.2, 0) is 4.74 Å². The van der Waals surface area contributed by atoms with Crippen molar-refractivity contribution in [2.45, 2.75) is 6.92 Å². The van der Waals surface area contributed by atoms with Gasteiger partial charge in [0, 0.05) is 11.7 Å². The molecule has 21 heavy (non-hydrogen) atoms. The van der Waals surface area contributed by atoms with E-state index in [1.807, 2.05) is 12.1 Å². The summed E-state index contributed by atoms with van der Waals surface area (Å²) in [7, 11) is 0. The number of hydrogen-bond donors (Lipinski definition) is 0. The van der Waals surface area contributed by atoms with Crippen molar-refractivity contribution in [3.8, 4) is 0 Å². The quantitative estimate of drug-likeness (QED) is 0.545. The number of ketones is 1. The highest BCUT2D eigenvalue weighted by atomic mass is 16.5. The van der Waals surface area contributed by atoms with E-state index in [0.717, 1.165) is 5.52 Å². The molecule has 0 aliphatic heterocycles. The standard InChI is InChI=1S/C16H13NO4/c1-2-20-16(19)11-9-12-5-3-7-17(12)13(10-11)15(18)14-6-4-8-21-14/h3-10H,2H2,1H3. The molecule has 5 nitrogen and oxygen atoms in total. The van der Waals surface area contributed by atoms with Crippen LogP contribution >= 0.6 is 0 Å². The molecule has 0 saturated heterocycles. The number of carbonyl (C=O) groups is 2. The molecule has 3 aromatic heterocycles. The number of aromatic nitrogens is 1. The number of hydrogen-bond acceptors (Lipinski definition) is 4. The lowest BCUT2D eigenvalue weighted by Crippen LogP contribution is -2.11. The molecule has 0 bridgehead atoms. The number of furan rings is 1. The van der Waals surface area contributed by atoms with Crippen molar-refractivity contribution in [3.05, 3.63) is 65.9 Å². The predicted molar refractivity (Wildman–Crippen MR) is 75.5 cm³/mol. The van der Waals surface area contributed by atoms with Gasteiger partial charge in [-0.15, -0.1) is 0 Å². The summed E-state index contributed by atoms with van der Waals surface area (Å²) in [6.45, 7) is 2.02. The van der Waals surface area contributed by atoms with E-state index in [9.17, 15) is 9.59 Å². The summed E-state index contributed by atoms with van der Waals surface area (Å²) in [6, 6.07) is 10.1. The van der Waals surface area contributed by atoms with Gasteiger partial charge in [0.15, 0.2) is 5.76 Å². The van der Waals surface area contributed by atoms with Crippen LogP contribution in [0.2, 0.25) is 0 Å². The molecule has 0 saturated carbocycles. The molecular formula is C16H13NO4. The Balaban J connectivity index is 2.14. The van der Waals surface area contributed by atoms with Crippen molar-refractivity contribution in [1.82, 2.24) is 4.40 Å². The van der Waals surface area contributed by atoms with Crippen molar-refractivity contribution in [2.75, 3.05) is 6.61 Å². The smallest absolute Gasteiger partial charge is 0.338 e. The Hall–Kier alpha value is -2.82. The van der Waals surface area contributed by atoms with Gasteiger partial charge in [0.1, 0.15) is 0 Å². The highest BCUT2D eigenvalue weighted by Gasteiger charge is 2.18. The van der Waals surface area contributed by atoms with E-state index in [0.29, 0.717) is 11.3 Å². The Bertz CT molecular complexity index is 799. The number of ether oxygens (including phenoxy) is 1.